The summed E-state index contributed by atoms with van der Waals surface area (Å²) >= 11 is 5.82. The Kier molecular flexibility index (Phi) is 3.48. The van der Waals surface area contributed by atoms with Crippen molar-refractivity contribution in [3.8, 4) is 12.1 Å². The molecule has 0 aliphatic carbocycles. The molecular weight excluding hydrogens is 278 g/mol. The van der Waals surface area contributed by atoms with Gasteiger partial charge >= 0.3 is 0 Å². The summed E-state index contributed by atoms with van der Waals surface area (Å²) in [7, 11) is 0. The highest BCUT2D eigenvalue weighted by Crippen LogP contribution is 2.42. The average molecular weight is 288 g/mol. The van der Waals surface area contributed by atoms with Crippen molar-refractivity contribution < 1.29 is 9.59 Å². The van der Waals surface area contributed by atoms with Crippen LogP contribution in [0.25, 0.3) is 0 Å². The van der Waals surface area contributed by atoms with Crippen LogP contribution in [0.5, 0.6) is 0 Å². The van der Waals surface area contributed by atoms with Crippen molar-refractivity contribution in [2.75, 3.05) is 0 Å². The molecule has 1 aliphatic heterocycles. The molecule has 1 fully saturated rings. The minimum Gasteiger partial charge on any atom is -0.294 e. The molecule has 2 amide bonds. The molecule has 0 radical (unpaired) electrons. The van der Waals surface area contributed by atoms with Gasteiger partial charge in [0.25, 0.3) is 0 Å². The lowest BCUT2D eigenvalue weighted by Crippen LogP contribution is -2.58. The molecule has 2 rings (SSSR count). The quantitative estimate of drug-likeness (QED) is 0.793. The molecule has 1 saturated heterocycles. The van der Waals surface area contributed by atoms with Crippen LogP contribution in [0.4, 0.5) is 0 Å². The Morgan fingerprint density at radius 1 is 1.10 bits per heavy atom. The summed E-state index contributed by atoms with van der Waals surface area (Å²) in [5, 5.41) is 21.1. The van der Waals surface area contributed by atoms with Crippen LogP contribution in [-0.2, 0) is 15.0 Å². The second-order valence-corrected chi connectivity index (χ2v) is 5.20. The molecule has 0 unspecified atom stereocenters. The SMILES string of the molecule is CC1(c2ccc(Cl)cc2)[C@@H](C#N)C(=O)NC(=O)[C@@H]1C#N. The lowest BCUT2D eigenvalue weighted by Gasteiger charge is -2.39. The van der Waals surface area contributed by atoms with Gasteiger partial charge in [0, 0.05) is 10.4 Å². The second-order valence-electron chi connectivity index (χ2n) is 4.77. The zero-order valence-corrected chi connectivity index (χ0v) is 11.3. The van der Waals surface area contributed by atoms with Crippen LogP contribution < -0.4 is 5.32 Å². The lowest BCUT2D eigenvalue weighted by atomic mass is 9.62. The van der Waals surface area contributed by atoms with Crippen LogP contribution in [-0.4, -0.2) is 11.8 Å². The van der Waals surface area contributed by atoms with E-state index in [0.717, 1.165) is 0 Å². The molecule has 2 atom stereocenters. The molecule has 1 aromatic carbocycles. The Labute approximate surface area is 120 Å². The molecule has 20 heavy (non-hydrogen) atoms. The fourth-order valence-electron chi connectivity index (χ4n) is 2.50. The number of nitrogens with zero attached hydrogens (tertiary/aromatic N) is 2. The summed E-state index contributed by atoms with van der Waals surface area (Å²) < 4.78 is 0. The first-order valence-electron chi connectivity index (χ1n) is 5.85. The highest BCUT2D eigenvalue weighted by Gasteiger charge is 2.54. The first-order chi connectivity index (χ1) is 9.44. The molecular formula is C14H10ClN3O2. The minimum atomic E-state index is -1.20. The number of rotatable bonds is 1. The summed E-state index contributed by atoms with van der Waals surface area (Å²) in [6, 6.07) is 10.2. The van der Waals surface area contributed by atoms with E-state index in [1.165, 1.54) is 0 Å². The van der Waals surface area contributed by atoms with E-state index in [1.54, 1.807) is 31.2 Å². The third kappa shape index (κ3) is 1.93. The van der Waals surface area contributed by atoms with E-state index in [2.05, 4.69) is 5.32 Å². The van der Waals surface area contributed by atoms with E-state index in [9.17, 15) is 20.1 Å². The lowest BCUT2D eigenvalue weighted by molar-refractivity contribution is -0.140. The number of carbonyl (C=O) groups excluding carboxylic acids is 2. The Hall–Kier alpha value is -2.37. The van der Waals surface area contributed by atoms with Gasteiger partial charge in [0.2, 0.25) is 11.8 Å². The molecule has 0 aromatic heterocycles. The highest BCUT2D eigenvalue weighted by atomic mass is 35.5. The van der Waals surface area contributed by atoms with Crippen molar-refractivity contribution in [2.24, 2.45) is 11.8 Å². The van der Waals surface area contributed by atoms with Gasteiger partial charge in [-0.1, -0.05) is 30.7 Å². The monoisotopic (exact) mass is 287 g/mol. The third-order valence-electron chi connectivity index (χ3n) is 3.69. The number of hydrogen-bond donors (Lipinski definition) is 1. The van der Waals surface area contributed by atoms with Crippen LogP contribution >= 0.6 is 11.6 Å². The summed E-state index contributed by atoms with van der Waals surface area (Å²) in [5.41, 5.74) is -0.642. The van der Waals surface area contributed by atoms with Crippen LogP contribution in [0.1, 0.15) is 12.5 Å². The molecule has 1 aromatic rings. The average Bonchev–Trinajstić information content (AvgIpc) is 2.39. The number of carbonyl (C=O) groups is 2. The Bertz CT molecular complexity index is 622. The van der Waals surface area contributed by atoms with Gasteiger partial charge in [0.15, 0.2) is 0 Å². The topological polar surface area (TPSA) is 93.8 Å². The Morgan fingerprint density at radius 2 is 1.55 bits per heavy atom. The number of nitrogens with one attached hydrogen (secondary N) is 1. The predicted octanol–water partition coefficient (Wildman–Crippen LogP) is 1.53. The number of amides is 2. The summed E-state index contributed by atoms with van der Waals surface area (Å²) in [5.74, 6) is -3.60. The van der Waals surface area contributed by atoms with Crippen LogP contribution in [0.2, 0.25) is 5.02 Å². The van der Waals surface area contributed by atoms with Crippen molar-refractivity contribution in [2.45, 2.75) is 12.3 Å². The van der Waals surface area contributed by atoms with E-state index in [1.807, 2.05) is 12.1 Å². The molecule has 100 valence electrons. The minimum absolute atomic E-state index is 0.492. The Balaban J connectivity index is 2.65. The molecule has 0 saturated carbocycles. The molecule has 1 heterocycles. The number of benzene rings is 1. The van der Waals surface area contributed by atoms with Crippen molar-refractivity contribution in [1.29, 1.82) is 10.5 Å². The van der Waals surface area contributed by atoms with E-state index in [-0.39, 0.29) is 0 Å². The largest absolute Gasteiger partial charge is 0.294 e. The fourth-order valence-corrected chi connectivity index (χ4v) is 2.63. The zero-order valence-electron chi connectivity index (χ0n) is 10.6. The number of nitriles is 2. The Morgan fingerprint density at radius 3 is 1.95 bits per heavy atom. The van der Waals surface area contributed by atoms with Crippen LogP contribution in [0, 0.1) is 34.5 Å². The zero-order chi connectivity index (χ0) is 14.9. The third-order valence-corrected chi connectivity index (χ3v) is 3.95. The first kappa shape index (κ1) is 14.0. The summed E-state index contributed by atoms with van der Waals surface area (Å²) in [6.07, 6.45) is 0. The van der Waals surface area contributed by atoms with Gasteiger partial charge in [-0.25, -0.2) is 0 Å². The van der Waals surface area contributed by atoms with E-state index in [0.29, 0.717) is 10.6 Å². The van der Waals surface area contributed by atoms with Gasteiger partial charge in [-0.05, 0) is 17.7 Å². The normalized spacial score (nSPS) is 24.4. The van der Waals surface area contributed by atoms with E-state index >= 15 is 0 Å². The van der Waals surface area contributed by atoms with Crippen LogP contribution in [0.3, 0.4) is 0 Å². The van der Waals surface area contributed by atoms with E-state index < -0.39 is 29.1 Å². The predicted molar refractivity (Wildman–Crippen MR) is 70.2 cm³/mol. The van der Waals surface area contributed by atoms with Crippen molar-refractivity contribution in [3.05, 3.63) is 34.9 Å². The molecule has 6 heteroatoms. The van der Waals surface area contributed by atoms with Gasteiger partial charge in [-0.2, -0.15) is 10.5 Å². The van der Waals surface area contributed by atoms with E-state index in [4.69, 9.17) is 11.6 Å². The number of halogens is 1. The molecule has 1 N–H and O–H groups in total. The maximum atomic E-state index is 11.9. The molecule has 1 aliphatic rings. The standard InChI is InChI=1S/C14H10ClN3O2/c1-14(8-2-4-9(15)5-3-8)10(6-16)12(19)18-13(20)11(14)7-17/h2-5,10-11H,1H3,(H,18,19,20)/t10-,11-/m0/s1. The van der Waals surface area contributed by atoms with Crippen LogP contribution in [0.15, 0.2) is 24.3 Å². The smallest absolute Gasteiger partial charge is 0.244 e. The maximum Gasteiger partial charge on any atom is 0.244 e. The number of hydrogen-bond acceptors (Lipinski definition) is 4. The van der Waals surface area contributed by atoms with Gasteiger partial charge in [0.1, 0.15) is 11.8 Å². The van der Waals surface area contributed by atoms with Crippen molar-refractivity contribution in [3.63, 3.8) is 0 Å². The second kappa shape index (κ2) is 4.96. The van der Waals surface area contributed by atoms with Gasteiger partial charge in [0.05, 0.1) is 12.1 Å². The van der Waals surface area contributed by atoms with Gasteiger partial charge in [-0.3, -0.25) is 14.9 Å². The van der Waals surface area contributed by atoms with Crippen molar-refractivity contribution >= 4 is 23.4 Å². The summed E-state index contributed by atoms with van der Waals surface area (Å²) in [6.45, 7) is 1.58. The maximum absolute atomic E-state index is 11.9. The molecule has 0 bridgehead atoms. The highest BCUT2D eigenvalue weighted by molar-refractivity contribution is 6.30. The molecule has 0 spiro atoms. The number of imide groups is 1. The fraction of sp³-hybridized carbons (Fsp3) is 0.286. The molecule has 5 nitrogen and oxygen atoms in total. The number of piperidine rings is 1. The summed E-state index contributed by atoms with van der Waals surface area (Å²) in [4.78, 5) is 23.7. The van der Waals surface area contributed by atoms with Gasteiger partial charge < -0.3 is 0 Å². The van der Waals surface area contributed by atoms with Gasteiger partial charge in [-0.15, -0.1) is 0 Å². The van der Waals surface area contributed by atoms with Crippen molar-refractivity contribution in [1.82, 2.24) is 5.32 Å². The first-order valence-corrected chi connectivity index (χ1v) is 6.23.